The van der Waals surface area contributed by atoms with E-state index in [1.807, 2.05) is 0 Å². The Morgan fingerprint density at radius 1 is 1.26 bits per heavy atom. The third kappa shape index (κ3) is 2.88. The first-order valence-electron chi connectivity index (χ1n) is 5.90. The van der Waals surface area contributed by atoms with E-state index in [0.717, 1.165) is 0 Å². The predicted octanol–water partition coefficient (Wildman–Crippen LogP) is 2.85. The number of benzene rings is 1. The smallest absolute Gasteiger partial charge is 0.170 e. The van der Waals surface area contributed by atoms with Crippen LogP contribution < -0.4 is 10.2 Å². The summed E-state index contributed by atoms with van der Waals surface area (Å²) >= 11 is 0. The van der Waals surface area contributed by atoms with E-state index in [1.54, 1.807) is 38.5 Å². The van der Waals surface area contributed by atoms with Gasteiger partial charge in [0.05, 0.1) is 0 Å². The van der Waals surface area contributed by atoms with E-state index in [4.69, 9.17) is 0 Å². The molecule has 0 saturated carbocycles. The number of rotatable bonds is 4. The Hall–Kier alpha value is -2.01. The summed E-state index contributed by atoms with van der Waals surface area (Å²) in [6.45, 7) is 0.415. The first-order chi connectivity index (χ1) is 9.13. The number of hydrogen-bond acceptors (Lipinski definition) is 3. The minimum Gasteiger partial charge on any atom is -0.327 e. The van der Waals surface area contributed by atoms with Gasteiger partial charge in [0.25, 0.3) is 0 Å². The van der Waals surface area contributed by atoms with E-state index in [-0.39, 0.29) is 11.6 Å². The third-order valence-corrected chi connectivity index (χ3v) is 2.83. The molecule has 0 amide bonds. The van der Waals surface area contributed by atoms with Crippen molar-refractivity contribution in [2.75, 3.05) is 19.0 Å². The van der Waals surface area contributed by atoms with Gasteiger partial charge in [-0.25, -0.2) is 13.8 Å². The van der Waals surface area contributed by atoms with Crippen LogP contribution in [0.5, 0.6) is 0 Å². The van der Waals surface area contributed by atoms with Gasteiger partial charge in [-0.05, 0) is 31.3 Å². The van der Waals surface area contributed by atoms with Crippen LogP contribution in [0.15, 0.2) is 36.5 Å². The number of halogens is 2. The molecule has 0 radical (unpaired) electrons. The molecule has 100 valence electrons. The number of nitrogens with zero attached hydrogens (tertiary/aromatic N) is 2. The summed E-state index contributed by atoms with van der Waals surface area (Å²) in [4.78, 5) is 5.55. The summed E-state index contributed by atoms with van der Waals surface area (Å²) in [7, 11) is 3.40. The quantitative estimate of drug-likeness (QED) is 0.919. The summed E-state index contributed by atoms with van der Waals surface area (Å²) < 4.78 is 27.5. The van der Waals surface area contributed by atoms with E-state index >= 15 is 0 Å². The van der Waals surface area contributed by atoms with Gasteiger partial charge in [-0.15, -0.1) is 0 Å². The molecule has 0 aliphatic carbocycles. The molecule has 0 aliphatic heterocycles. The van der Waals surface area contributed by atoms with E-state index in [2.05, 4.69) is 10.3 Å². The largest absolute Gasteiger partial charge is 0.327 e. The van der Waals surface area contributed by atoms with Crippen molar-refractivity contribution in [2.24, 2.45) is 0 Å². The highest BCUT2D eigenvalue weighted by Crippen LogP contribution is 2.26. The van der Waals surface area contributed by atoms with Crippen molar-refractivity contribution in [3.8, 4) is 0 Å². The van der Waals surface area contributed by atoms with Crippen LogP contribution in [-0.4, -0.2) is 19.1 Å². The molecule has 1 aromatic heterocycles. The lowest BCUT2D eigenvalue weighted by Crippen LogP contribution is -2.16. The summed E-state index contributed by atoms with van der Waals surface area (Å²) in [5.41, 5.74) is 1.07. The van der Waals surface area contributed by atoms with Gasteiger partial charge < -0.3 is 10.2 Å². The van der Waals surface area contributed by atoms with Crippen LogP contribution in [0, 0.1) is 11.6 Å². The molecular weight excluding hydrogens is 248 g/mol. The first-order valence-corrected chi connectivity index (χ1v) is 5.90. The molecule has 0 aliphatic rings. The SMILES string of the molecule is CNCc1ccnc(N(C)c2cccc(F)c2)c1F. The van der Waals surface area contributed by atoms with Gasteiger partial charge in [0.2, 0.25) is 0 Å². The molecule has 0 saturated heterocycles. The van der Waals surface area contributed by atoms with Gasteiger partial charge in [0.1, 0.15) is 5.82 Å². The number of pyridine rings is 1. The predicted molar refractivity (Wildman–Crippen MR) is 71.4 cm³/mol. The second-order valence-electron chi connectivity index (χ2n) is 4.18. The third-order valence-electron chi connectivity index (χ3n) is 2.83. The molecule has 0 spiro atoms. The zero-order chi connectivity index (χ0) is 13.8. The molecule has 19 heavy (non-hydrogen) atoms. The number of aromatic nitrogens is 1. The molecule has 0 unspecified atom stereocenters. The van der Waals surface area contributed by atoms with Crippen molar-refractivity contribution in [3.05, 3.63) is 53.7 Å². The Kier molecular flexibility index (Phi) is 4.06. The van der Waals surface area contributed by atoms with Crippen molar-refractivity contribution in [1.29, 1.82) is 0 Å². The zero-order valence-electron chi connectivity index (χ0n) is 10.8. The van der Waals surface area contributed by atoms with E-state index in [1.165, 1.54) is 17.0 Å². The molecule has 1 heterocycles. The Labute approximate surface area is 110 Å². The highest BCUT2D eigenvalue weighted by Gasteiger charge is 2.14. The molecule has 2 aromatic rings. The van der Waals surface area contributed by atoms with Crippen molar-refractivity contribution >= 4 is 11.5 Å². The minimum absolute atomic E-state index is 0.179. The summed E-state index contributed by atoms with van der Waals surface area (Å²) in [5, 5.41) is 2.89. The fourth-order valence-electron chi connectivity index (χ4n) is 1.84. The average Bonchev–Trinajstić information content (AvgIpc) is 2.41. The Balaban J connectivity index is 2.38. The standard InChI is InChI=1S/C14H15F2N3/c1-17-9-10-6-7-18-14(13(10)16)19(2)12-5-3-4-11(15)8-12/h3-8,17H,9H2,1-2H3. The molecular formula is C14H15F2N3. The maximum atomic E-state index is 14.3. The fraction of sp³-hybridized carbons (Fsp3) is 0.214. The molecule has 0 atom stereocenters. The monoisotopic (exact) mass is 263 g/mol. The van der Waals surface area contributed by atoms with Crippen molar-refractivity contribution in [1.82, 2.24) is 10.3 Å². The number of nitrogens with one attached hydrogen (secondary N) is 1. The van der Waals surface area contributed by atoms with Crippen molar-refractivity contribution in [3.63, 3.8) is 0 Å². The van der Waals surface area contributed by atoms with Crippen LogP contribution >= 0.6 is 0 Å². The second kappa shape index (κ2) is 5.75. The average molecular weight is 263 g/mol. The van der Waals surface area contributed by atoms with Gasteiger partial charge >= 0.3 is 0 Å². The van der Waals surface area contributed by atoms with Crippen LogP contribution in [0.4, 0.5) is 20.3 Å². The van der Waals surface area contributed by atoms with Crippen LogP contribution in [0.25, 0.3) is 0 Å². The topological polar surface area (TPSA) is 28.2 Å². The van der Waals surface area contributed by atoms with Gasteiger partial charge in [-0.2, -0.15) is 0 Å². The van der Waals surface area contributed by atoms with E-state index < -0.39 is 5.82 Å². The summed E-state index contributed by atoms with van der Waals surface area (Å²) in [6.07, 6.45) is 1.54. The maximum Gasteiger partial charge on any atom is 0.170 e. The van der Waals surface area contributed by atoms with Crippen LogP contribution in [0.3, 0.4) is 0 Å². The summed E-state index contributed by atoms with van der Waals surface area (Å²) in [6, 6.07) is 7.59. The van der Waals surface area contributed by atoms with Crippen molar-refractivity contribution < 1.29 is 8.78 Å². The highest BCUT2D eigenvalue weighted by atomic mass is 19.1. The lowest BCUT2D eigenvalue weighted by molar-refractivity contribution is 0.594. The Morgan fingerprint density at radius 3 is 2.74 bits per heavy atom. The number of hydrogen-bond donors (Lipinski definition) is 1. The maximum absolute atomic E-state index is 14.3. The summed E-state index contributed by atoms with van der Waals surface area (Å²) in [5.74, 6) is -0.585. The lowest BCUT2D eigenvalue weighted by atomic mass is 10.2. The molecule has 0 fully saturated rings. The zero-order valence-corrected chi connectivity index (χ0v) is 10.8. The van der Waals surface area contributed by atoms with Crippen molar-refractivity contribution in [2.45, 2.75) is 6.54 Å². The van der Waals surface area contributed by atoms with Gasteiger partial charge in [0, 0.05) is 31.0 Å². The first kappa shape index (κ1) is 13.4. The lowest BCUT2D eigenvalue weighted by Gasteiger charge is -2.20. The second-order valence-corrected chi connectivity index (χ2v) is 4.18. The van der Waals surface area contributed by atoms with Gasteiger partial charge in [-0.3, -0.25) is 0 Å². The Bertz CT molecular complexity index is 572. The normalized spacial score (nSPS) is 10.5. The minimum atomic E-state index is -0.399. The van der Waals surface area contributed by atoms with Gasteiger partial charge in [0.15, 0.2) is 11.6 Å². The van der Waals surface area contributed by atoms with Gasteiger partial charge in [-0.1, -0.05) is 6.07 Å². The highest BCUT2D eigenvalue weighted by molar-refractivity contribution is 5.60. The molecule has 0 bridgehead atoms. The van der Waals surface area contributed by atoms with E-state index in [0.29, 0.717) is 17.8 Å². The number of anilines is 2. The van der Waals surface area contributed by atoms with Crippen LogP contribution in [-0.2, 0) is 6.54 Å². The van der Waals surface area contributed by atoms with Crippen LogP contribution in [0.1, 0.15) is 5.56 Å². The van der Waals surface area contributed by atoms with E-state index in [9.17, 15) is 8.78 Å². The fourth-order valence-corrected chi connectivity index (χ4v) is 1.84. The molecule has 2 rings (SSSR count). The molecule has 3 nitrogen and oxygen atoms in total. The molecule has 1 aromatic carbocycles. The van der Waals surface area contributed by atoms with Crippen LogP contribution in [0.2, 0.25) is 0 Å². The molecule has 1 N–H and O–H groups in total. The Morgan fingerprint density at radius 2 is 2.05 bits per heavy atom. The molecule has 5 heteroatoms.